The Labute approximate surface area is 246 Å². The zero-order valence-corrected chi connectivity index (χ0v) is 27.3. The Morgan fingerprint density at radius 1 is 1.10 bits per heavy atom. The molecule has 3 rings (SSSR count). The topological polar surface area (TPSA) is 81.7 Å². The van der Waals surface area contributed by atoms with E-state index in [2.05, 4.69) is 65.3 Å². The van der Waals surface area contributed by atoms with Gasteiger partial charge in [-0.1, -0.05) is 47.6 Å². The Morgan fingerprint density at radius 3 is 2.46 bits per heavy atom. The predicted octanol–water partition coefficient (Wildman–Crippen LogP) is 7.96. The van der Waals surface area contributed by atoms with Crippen LogP contribution in [-0.4, -0.2) is 52.3 Å². The van der Waals surface area contributed by atoms with Crippen molar-refractivity contribution in [1.29, 1.82) is 0 Å². The Bertz CT molecular complexity index is 1250. The molecule has 0 aliphatic carbocycles. The highest BCUT2D eigenvalue weighted by molar-refractivity contribution is 6.74. The standard InChI is InChI=1S/C32H48FN3O4Si/c1-22-18-26(33)28(36-30(37)34-13-12-31(2,3)4)21-25(22)24-19-27(23-10-14-38-15-11-23)35-29(20-24)39-16-17-40-41(8,9)32(5,6)7/h10,18-21H,11-17H2,1-9H3,(H2,34,36,37). The van der Waals surface area contributed by atoms with Crippen molar-refractivity contribution >= 4 is 25.6 Å². The van der Waals surface area contributed by atoms with E-state index < -0.39 is 20.2 Å². The first kappa shape index (κ1) is 32.8. The van der Waals surface area contributed by atoms with Gasteiger partial charge in [-0.05, 0) is 83.8 Å². The SMILES string of the molecule is Cc1cc(F)c(NC(=O)NCCC(C)(C)C)cc1-c1cc(OCCO[Si](C)(C)C(C)(C)C)nc(C2=CCOCC2)c1. The van der Waals surface area contributed by atoms with Crippen LogP contribution >= 0.6 is 0 Å². The molecule has 2 N–H and O–H groups in total. The molecule has 226 valence electrons. The van der Waals surface area contributed by atoms with E-state index in [0.29, 0.717) is 38.9 Å². The largest absolute Gasteiger partial charge is 0.475 e. The molecule has 2 heterocycles. The number of carbonyl (C=O) groups is 1. The van der Waals surface area contributed by atoms with Gasteiger partial charge in [-0.3, -0.25) is 0 Å². The van der Waals surface area contributed by atoms with Crippen LogP contribution in [0.3, 0.4) is 0 Å². The van der Waals surface area contributed by atoms with Crippen LogP contribution in [0.25, 0.3) is 16.7 Å². The first-order valence-corrected chi connectivity index (χ1v) is 17.4. The van der Waals surface area contributed by atoms with Gasteiger partial charge >= 0.3 is 6.03 Å². The molecule has 0 radical (unpaired) electrons. The number of urea groups is 1. The van der Waals surface area contributed by atoms with Crippen LogP contribution in [0.15, 0.2) is 30.3 Å². The third-order valence-corrected chi connectivity index (χ3v) is 12.3. The summed E-state index contributed by atoms with van der Waals surface area (Å²) < 4.78 is 32.8. The number of ether oxygens (including phenoxy) is 2. The lowest BCUT2D eigenvalue weighted by Crippen LogP contribution is -2.41. The van der Waals surface area contributed by atoms with Crippen molar-refractivity contribution in [1.82, 2.24) is 10.3 Å². The number of aryl methyl sites for hydroxylation is 1. The fourth-order valence-electron chi connectivity index (χ4n) is 4.12. The fraction of sp³-hybridized carbons (Fsp3) is 0.562. The van der Waals surface area contributed by atoms with Gasteiger partial charge in [-0.2, -0.15) is 0 Å². The van der Waals surface area contributed by atoms with E-state index in [1.807, 2.05) is 25.1 Å². The highest BCUT2D eigenvalue weighted by Crippen LogP contribution is 2.37. The Hall–Kier alpha value is -2.75. The zero-order chi connectivity index (χ0) is 30.4. The lowest BCUT2D eigenvalue weighted by molar-refractivity contribution is 0.161. The average Bonchev–Trinajstić information content (AvgIpc) is 2.87. The summed E-state index contributed by atoms with van der Waals surface area (Å²) in [5.41, 5.74) is 4.44. The van der Waals surface area contributed by atoms with Crippen molar-refractivity contribution in [3.63, 3.8) is 0 Å². The van der Waals surface area contributed by atoms with Gasteiger partial charge in [0.15, 0.2) is 8.32 Å². The zero-order valence-electron chi connectivity index (χ0n) is 26.3. The van der Waals surface area contributed by atoms with Crippen LogP contribution in [-0.2, 0) is 9.16 Å². The molecule has 0 fully saturated rings. The fourth-order valence-corrected chi connectivity index (χ4v) is 5.14. The first-order valence-electron chi connectivity index (χ1n) is 14.5. The van der Waals surface area contributed by atoms with Crippen LogP contribution in [0.5, 0.6) is 5.88 Å². The summed E-state index contributed by atoms with van der Waals surface area (Å²) in [6, 6.07) is 6.54. The first-order chi connectivity index (χ1) is 19.1. The smallest absolute Gasteiger partial charge is 0.319 e. The van der Waals surface area contributed by atoms with Gasteiger partial charge in [0.05, 0.1) is 31.2 Å². The van der Waals surface area contributed by atoms with Crippen molar-refractivity contribution in [2.75, 3.05) is 38.3 Å². The molecule has 0 saturated heterocycles. The maximum Gasteiger partial charge on any atom is 0.319 e. The molecule has 41 heavy (non-hydrogen) atoms. The van der Waals surface area contributed by atoms with Crippen LogP contribution in [0.4, 0.5) is 14.9 Å². The maximum atomic E-state index is 14.9. The lowest BCUT2D eigenvalue weighted by atomic mass is 9.92. The quantitative estimate of drug-likeness (QED) is 0.218. The van der Waals surface area contributed by atoms with E-state index >= 15 is 0 Å². The number of amides is 2. The average molecular weight is 586 g/mol. The number of benzene rings is 1. The van der Waals surface area contributed by atoms with E-state index in [4.69, 9.17) is 18.9 Å². The van der Waals surface area contributed by atoms with E-state index in [-0.39, 0.29) is 16.1 Å². The second-order valence-corrected chi connectivity index (χ2v) is 18.2. The number of aromatic nitrogens is 1. The molecule has 7 nitrogen and oxygen atoms in total. The number of nitrogens with one attached hydrogen (secondary N) is 2. The molecule has 0 unspecified atom stereocenters. The van der Waals surface area contributed by atoms with Gasteiger partial charge in [0.25, 0.3) is 0 Å². The number of rotatable bonds is 10. The summed E-state index contributed by atoms with van der Waals surface area (Å²) in [7, 11) is -1.89. The summed E-state index contributed by atoms with van der Waals surface area (Å²) in [5.74, 6) is -0.0141. The van der Waals surface area contributed by atoms with Crippen LogP contribution in [0, 0.1) is 18.2 Å². The van der Waals surface area contributed by atoms with Gasteiger partial charge < -0.3 is 24.5 Å². The number of hydrogen-bond acceptors (Lipinski definition) is 5. The Morgan fingerprint density at radius 2 is 1.83 bits per heavy atom. The summed E-state index contributed by atoms with van der Waals surface area (Å²) >= 11 is 0. The predicted molar refractivity (Wildman–Crippen MR) is 168 cm³/mol. The summed E-state index contributed by atoms with van der Waals surface area (Å²) in [6.07, 6.45) is 3.59. The van der Waals surface area contributed by atoms with Gasteiger partial charge in [0, 0.05) is 12.6 Å². The van der Waals surface area contributed by atoms with E-state index in [0.717, 1.165) is 40.8 Å². The molecule has 2 amide bonds. The minimum atomic E-state index is -1.89. The van der Waals surface area contributed by atoms with E-state index in [1.54, 1.807) is 6.07 Å². The van der Waals surface area contributed by atoms with E-state index in [9.17, 15) is 9.18 Å². The molecule has 0 spiro atoms. The highest BCUT2D eigenvalue weighted by atomic mass is 28.4. The van der Waals surface area contributed by atoms with Gasteiger partial charge in [0.1, 0.15) is 12.4 Å². The van der Waals surface area contributed by atoms with Gasteiger partial charge in [0.2, 0.25) is 5.88 Å². The Kier molecular flexibility index (Phi) is 10.8. The molecule has 0 bridgehead atoms. The van der Waals surface area contributed by atoms with Crippen molar-refractivity contribution in [3.05, 3.63) is 47.4 Å². The van der Waals surface area contributed by atoms with Crippen LogP contribution < -0.4 is 15.4 Å². The Balaban J connectivity index is 1.86. The minimum absolute atomic E-state index is 0.0884. The number of halogens is 1. The van der Waals surface area contributed by atoms with Crippen molar-refractivity contribution in [2.24, 2.45) is 5.41 Å². The second kappa shape index (κ2) is 13.5. The molecule has 0 atom stereocenters. The molecule has 9 heteroatoms. The van der Waals surface area contributed by atoms with Crippen LogP contribution in [0.1, 0.15) is 65.6 Å². The summed E-state index contributed by atoms with van der Waals surface area (Å²) in [5, 5.41) is 5.62. The molecule has 1 aliphatic rings. The molecule has 0 saturated carbocycles. The van der Waals surface area contributed by atoms with Crippen molar-refractivity contribution < 1.29 is 23.1 Å². The van der Waals surface area contributed by atoms with Gasteiger partial charge in [-0.25, -0.2) is 14.2 Å². The number of anilines is 1. The lowest BCUT2D eigenvalue weighted by Gasteiger charge is -2.36. The van der Waals surface area contributed by atoms with Crippen molar-refractivity contribution in [2.45, 2.75) is 79.4 Å². The molecular weight excluding hydrogens is 537 g/mol. The third kappa shape index (κ3) is 9.65. The molecule has 1 aliphatic heterocycles. The van der Waals surface area contributed by atoms with E-state index in [1.165, 1.54) is 6.07 Å². The molecular formula is C32H48FN3O4Si. The normalized spacial score (nSPS) is 14.4. The monoisotopic (exact) mass is 585 g/mol. The number of carbonyl (C=O) groups excluding carboxylic acids is 1. The number of pyridine rings is 1. The second-order valence-electron chi connectivity index (χ2n) is 13.4. The molecule has 1 aromatic carbocycles. The number of nitrogens with zero attached hydrogens (tertiary/aromatic N) is 1. The van der Waals surface area contributed by atoms with Crippen LogP contribution in [0.2, 0.25) is 18.1 Å². The summed E-state index contributed by atoms with van der Waals surface area (Å²) in [6.45, 7) is 21.8. The number of hydrogen-bond donors (Lipinski definition) is 2. The third-order valence-electron chi connectivity index (χ3n) is 7.73. The molecule has 1 aromatic heterocycles. The van der Waals surface area contributed by atoms with Crippen molar-refractivity contribution in [3.8, 4) is 17.0 Å². The molecule has 2 aromatic rings. The highest BCUT2D eigenvalue weighted by Gasteiger charge is 2.37. The minimum Gasteiger partial charge on any atom is -0.475 e. The maximum absolute atomic E-state index is 14.9. The van der Waals surface area contributed by atoms with Gasteiger partial charge in [-0.15, -0.1) is 0 Å². The summed E-state index contributed by atoms with van der Waals surface area (Å²) in [4.78, 5) is 17.3.